The Morgan fingerprint density at radius 2 is 2.05 bits per heavy atom. The quantitative estimate of drug-likeness (QED) is 0.641. The van der Waals surface area contributed by atoms with Crippen LogP contribution in [0.15, 0.2) is 46.9 Å². The lowest BCUT2D eigenvalue weighted by Crippen LogP contribution is -1.98. The molecule has 2 aromatic carbocycles. The monoisotopic (exact) mass is 356 g/mol. The molecule has 106 valence electrons. The van der Waals surface area contributed by atoms with Crippen LogP contribution < -0.4 is 4.74 Å². The molecule has 0 heterocycles. The number of benzene rings is 2. The fraction of sp³-hybridized carbons (Fsp3) is 0.250. The van der Waals surface area contributed by atoms with Crippen molar-refractivity contribution in [1.82, 2.24) is 0 Å². The summed E-state index contributed by atoms with van der Waals surface area (Å²) in [5.41, 5.74) is 1.86. The van der Waals surface area contributed by atoms with Crippen LogP contribution in [0.3, 0.4) is 0 Å². The van der Waals surface area contributed by atoms with Gasteiger partial charge in [-0.25, -0.2) is 4.39 Å². The van der Waals surface area contributed by atoms with Crippen molar-refractivity contribution < 1.29 is 9.13 Å². The summed E-state index contributed by atoms with van der Waals surface area (Å²) in [6.07, 6.45) is 0.583. The number of hydrogen-bond donors (Lipinski definition) is 0. The largest absolute Gasteiger partial charge is 0.493 e. The number of hydrogen-bond acceptors (Lipinski definition) is 1. The second-order valence-corrected chi connectivity index (χ2v) is 5.81. The summed E-state index contributed by atoms with van der Waals surface area (Å²) in [6.45, 7) is 2.56. The highest BCUT2D eigenvalue weighted by Crippen LogP contribution is 2.32. The van der Waals surface area contributed by atoms with E-state index in [4.69, 9.17) is 16.3 Å². The van der Waals surface area contributed by atoms with Gasteiger partial charge in [0.25, 0.3) is 0 Å². The van der Waals surface area contributed by atoms with E-state index in [1.165, 1.54) is 12.1 Å². The number of ether oxygens (including phenoxy) is 1. The van der Waals surface area contributed by atoms with E-state index in [9.17, 15) is 4.39 Å². The molecule has 20 heavy (non-hydrogen) atoms. The van der Waals surface area contributed by atoms with Crippen LogP contribution in [-0.2, 0) is 6.42 Å². The van der Waals surface area contributed by atoms with Crippen LogP contribution >= 0.6 is 27.5 Å². The van der Waals surface area contributed by atoms with Gasteiger partial charge >= 0.3 is 0 Å². The third kappa shape index (κ3) is 3.97. The molecule has 0 bridgehead atoms. The van der Waals surface area contributed by atoms with Crippen LogP contribution in [-0.4, -0.2) is 6.61 Å². The Labute approximate surface area is 131 Å². The van der Waals surface area contributed by atoms with Crippen molar-refractivity contribution >= 4 is 27.5 Å². The second kappa shape index (κ2) is 7.09. The van der Waals surface area contributed by atoms with Crippen LogP contribution in [0, 0.1) is 5.82 Å². The van der Waals surface area contributed by atoms with Crippen LogP contribution in [0.25, 0.3) is 0 Å². The van der Waals surface area contributed by atoms with E-state index >= 15 is 0 Å². The molecule has 0 saturated heterocycles. The molecule has 1 unspecified atom stereocenters. The highest BCUT2D eigenvalue weighted by Gasteiger charge is 2.12. The summed E-state index contributed by atoms with van der Waals surface area (Å²) in [5.74, 6) is 0.560. The molecule has 0 aliphatic rings. The number of rotatable bonds is 5. The molecular weight excluding hydrogens is 343 g/mol. The van der Waals surface area contributed by atoms with Crippen molar-refractivity contribution in [2.75, 3.05) is 6.61 Å². The van der Waals surface area contributed by atoms with Crippen molar-refractivity contribution in [3.63, 3.8) is 0 Å². The van der Waals surface area contributed by atoms with Crippen molar-refractivity contribution in [3.8, 4) is 5.75 Å². The van der Waals surface area contributed by atoms with Crippen molar-refractivity contribution in [2.24, 2.45) is 0 Å². The number of halogens is 3. The first-order valence-corrected chi connectivity index (χ1v) is 7.64. The molecule has 0 spiro atoms. The lowest BCUT2D eigenvalue weighted by Gasteiger charge is -2.13. The Kier molecular flexibility index (Phi) is 5.44. The van der Waals surface area contributed by atoms with E-state index in [1.807, 2.05) is 31.2 Å². The van der Waals surface area contributed by atoms with Crippen LogP contribution in [0.4, 0.5) is 4.39 Å². The van der Waals surface area contributed by atoms with Gasteiger partial charge in [0.05, 0.1) is 16.5 Å². The molecule has 0 fully saturated rings. The molecule has 1 nitrogen and oxygen atoms in total. The molecule has 0 aliphatic heterocycles. The molecule has 2 rings (SSSR count). The molecular formula is C16H15BrClFO. The van der Waals surface area contributed by atoms with Crippen LogP contribution in [0.2, 0.25) is 0 Å². The molecule has 0 saturated carbocycles. The summed E-state index contributed by atoms with van der Waals surface area (Å²) in [7, 11) is 0. The normalized spacial score (nSPS) is 12.2. The third-order valence-electron chi connectivity index (χ3n) is 2.92. The molecule has 0 aliphatic carbocycles. The molecule has 0 aromatic heterocycles. The Morgan fingerprint density at radius 3 is 2.70 bits per heavy atom. The summed E-state index contributed by atoms with van der Waals surface area (Å²) in [6, 6.07) is 12.3. The lowest BCUT2D eigenvalue weighted by molar-refractivity contribution is 0.338. The zero-order valence-electron chi connectivity index (χ0n) is 11.1. The van der Waals surface area contributed by atoms with Gasteiger partial charge in [-0.2, -0.15) is 0 Å². The minimum atomic E-state index is -0.237. The summed E-state index contributed by atoms with van der Waals surface area (Å²) < 4.78 is 19.5. The van der Waals surface area contributed by atoms with Gasteiger partial charge in [0.2, 0.25) is 0 Å². The van der Waals surface area contributed by atoms with Gasteiger partial charge in [-0.1, -0.05) is 18.2 Å². The van der Waals surface area contributed by atoms with Gasteiger partial charge in [0, 0.05) is 0 Å². The van der Waals surface area contributed by atoms with E-state index in [1.54, 1.807) is 6.07 Å². The van der Waals surface area contributed by atoms with Gasteiger partial charge in [-0.15, -0.1) is 11.6 Å². The van der Waals surface area contributed by atoms with Gasteiger partial charge in [0.1, 0.15) is 11.6 Å². The Hall–Kier alpha value is -1.06. The fourth-order valence-corrected chi connectivity index (χ4v) is 2.80. The molecule has 4 heteroatoms. The zero-order valence-corrected chi connectivity index (χ0v) is 13.4. The third-order valence-corrected chi connectivity index (χ3v) is 3.95. The summed E-state index contributed by atoms with van der Waals surface area (Å²) >= 11 is 9.88. The predicted molar refractivity (Wildman–Crippen MR) is 84.0 cm³/mol. The Morgan fingerprint density at radius 1 is 1.25 bits per heavy atom. The minimum Gasteiger partial charge on any atom is -0.493 e. The van der Waals surface area contributed by atoms with E-state index < -0.39 is 0 Å². The van der Waals surface area contributed by atoms with Gasteiger partial charge in [-0.05, 0) is 64.7 Å². The predicted octanol–water partition coefficient (Wildman–Crippen LogP) is 5.51. The number of alkyl halides is 1. The molecule has 0 N–H and O–H groups in total. The molecule has 1 atom stereocenters. The average molecular weight is 358 g/mol. The van der Waals surface area contributed by atoms with E-state index in [0.717, 1.165) is 21.3 Å². The maximum Gasteiger partial charge on any atom is 0.133 e. The minimum absolute atomic E-state index is 0.205. The van der Waals surface area contributed by atoms with E-state index in [2.05, 4.69) is 15.9 Å². The first-order valence-electron chi connectivity index (χ1n) is 6.41. The van der Waals surface area contributed by atoms with E-state index in [-0.39, 0.29) is 11.2 Å². The Balaban J connectivity index is 2.13. The van der Waals surface area contributed by atoms with Gasteiger partial charge < -0.3 is 4.74 Å². The van der Waals surface area contributed by atoms with Gasteiger partial charge in [-0.3, -0.25) is 0 Å². The first kappa shape index (κ1) is 15.3. The van der Waals surface area contributed by atoms with Crippen molar-refractivity contribution in [3.05, 3.63) is 63.9 Å². The standard InChI is InChI=1S/C16H15BrClFO/c1-2-20-16-7-6-12(10-14(16)17)15(18)9-11-4-3-5-13(19)8-11/h3-8,10,15H,2,9H2,1H3. The smallest absolute Gasteiger partial charge is 0.133 e. The SMILES string of the molecule is CCOc1ccc(C(Cl)Cc2cccc(F)c2)cc1Br. The average Bonchev–Trinajstić information content (AvgIpc) is 2.41. The van der Waals surface area contributed by atoms with E-state index in [0.29, 0.717) is 13.0 Å². The topological polar surface area (TPSA) is 9.23 Å². The lowest BCUT2D eigenvalue weighted by atomic mass is 10.0. The maximum absolute atomic E-state index is 13.2. The van der Waals surface area contributed by atoms with Crippen molar-refractivity contribution in [2.45, 2.75) is 18.7 Å². The molecule has 2 aromatic rings. The summed E-state index contributed by atoms with van der Waals surface area (Å²) in [4.78, 5) is 0. The maximum atomic E-state index is 13.2. The zero-order chi connectivity index (χ0) is 14.5. The van der Waals surface area contributed by atoms with Gasteiger partial charge in [0.15, 0.2) is 0 Å². The Bertz CT molecular complexity index is 588. The second-order valence-electron chi connectivity index (χ2n) is 4.42. The highest BCUT2D eigenvalue weighted by molar-refractivity contribution is 9.10. The van der Waals surface area contributed by atoms with Crippen LogP contribution in [0.5, 0.6) is 5.75 Å². The highest BCUT2D eigenvalue weighted by atomic mass is 79.9. The summed E-state index contributed by atoms with van der Waals surface area (Å²) in [5, 5.41) is -0.205. The van der Waals surface area contributed by atoms with Crippen LogP contribution in [0.1, 0.15) is 23.4 Å². The molecule has 0 amide bonds. The fourth-order valence-electron chi connectivity index (χ4n) is 1.97. The van der Waals surface area contributed by atoms with Crippen molar-refractivity contribution in [1.29, 1.82) is 0 Å². The first-order chi connectivity index (χ1) is 9.60. The molecule has 0 radical (unpaired) electrons.